The van der Waals surface area contributed by atoms with Gasteiger partial charge < -0.3 is 14.6 Å². The van der Waals surface area contributed by atoms with Crippen LogP contribution < -0.4 is 5.32 Å². The van der Waals surface area contributed by atoms with Crippen LogP contribution in [0.15, 0.2) is 78.6 Å². The molecule has 1 fully saturated rings. The van der Waals surface area contributed by atoms with E-state index in [2.05, 4.69) is 28.2 Å². The fourth-order valence-electron chi connectivity index (χ4n) is 4.15. The molecule has 1 amide bonds. The van der Waals surface area contributed by atoms with Crippen LogP contribution in [0.25, 0.3) is 11.2 Å². The molecule has 3 aliphatic heterocycles. The van der Waals surface area contributed by atoms with E-state index in [0.29, 0.717) is 6.04 Å². The van der Waals surface area contributed by atoms with Gasteiger partial charge in [0.05, 0.1) is 11.4 Å². The minimum atomic E-state index is -0.0486. The lowest BCUT2D eigenvalue weighted by Gasteiger charge is -2.36. The van der Waals surface area contributed by atoms with Crippen LogP contribution >= 0.6 is 0 Å². The van der Waals surface area contributed by atoms with Crippen molar-refractivity contribution in [1.29, 1.82) is 0 Å². The molecule has 30 heavy (non-hydrogen) atoms. The number of rotatable bonds is 2. The molecule has 6 heteroatoms. The summed E-state index contributed by atoms with van der Waals surface area (Å²) in [6.07, 6.45) is 17.8. The summed E-state index contributed by atoms with van der Waals surface area (Å²) < 4.78 is 2.00. The zero-order chi connectivity index (χ0) is 20.7. The van der Waals surface area contributed by atoms with Gasteiger partial charge in [0, 0.05) is 56.0 Å². The van der Waals surface area contributed by atoms with Crippen molar-refractivity contribution < 1.29 is 4.79 Å². The zero-order valence-corrected chi connectivity index (χ0v) is 17.2. The van der Waals surface area contributed by atoms with Crippen molar-refractivity contribution in [1.82, 2.24) is 24.5 Å². The molecule has 0 unspecified atom stereocenters. The first-order chi connectivity index (χ1) is 14.6. The van der Waals surface area contributed by atoms with Crippen molar-refractivity contribution in [3.63, 3.8) is 0 Å². The van der Waals surface area contributed by atoms with E-state index in [1.165, 1.54) is 0 Å². The second kappa shape index (κ2) is 7.46. The molecule has 0 aromatic carbocycles. The molecule has 2 aromatic heterocycles. The molecule has 5 rings (SSSR count). The van der Waals surface area contributed by atoms with Crippen LogP contribution in [-0.4, -0.2) is 50.8 Å². The number of hydrogen-bond acceptors (Lipinski definition) is 4. The molecule has 0 saturated carbocycles. The second-order valence-corrected chi connectivity index (χ2v) is 8.01. The van der Waals surface area contributed by atoms with Crippen LogP contribution in [0, 0.1) is 6.92 Å². The van der Waals surface area contributed by atoms with Crippen molar-refractivity contribution >= 4 is 17.1 Å². The maximum atomic E-state index is 13.2. The summed E-state index contributed by atoms with van der Waals surface area (Å²) in [4.78, 5) is 21.7. The number of allylic oxidation sites excluding steroid dienone is 6. The molecule has 0 bridgehead atoms. The number of aryl methyl sites for hydroxylation is 1. The maximum Gasteiger partial charge on any atom is 0.255 e. The van der Waals surface area contributed by atoms with Gasteiger partial charge in [-0.25, -0.2) is 4.98 Å². The number of nitrogens with zero attached hydrogens (tertiary/aromatic N) is 4. The molecule has 1 atom stereocenters. The maximum absolute atomic E-state index is 13.2. The molecule has 0 spiro atoms. The van der Waals surface area contributed by atoms with Gasteiger partial charge in [0.1, 0.15) is 5.65 Å². The van der Waals surface area contributed by atoms with Crippen molar-refractivity contribution in [3.05, 3.63) is 89.8 Å². The Morgan fingerprint density at radius 3 is 2.87 bits per heavy atom. The minimum Gasteiger partial charge on any atom is -0.368 e. The zero-order valence-electron chi connectivity index (χ0n) is 17.2. The smallest absolute Gasteiger partial charge is 0.255 e. The number of carbonyl (C=O) groups is 1. The van der Waals surface area contributed by atoms with E-state index in [4.69, 9.17) is 0 Å². The molecule has 6 nitrogen and oxygen atoms in total. The molecule has 0 aliphatic carbocycles. The standard InChI is InChI=1S/C24H25N5O/c1-17-13-27(11-10-25-17)22-8-7-21-5-3-4-19(12-24(30)29(21)16-22)20-6-9-23-26-18(2)14-28(23)15-20/h3-9,12,14-17,25H,10-11,13H2,1-2H3/b4-3?,19-12?,21-5+/t17-/m0/s1. The van der Waals surface area contributed by atoms with Crippen LogP contribution in [0.2, 0.25) is 0 Å². The van der Waals surface area contributed by atoms with Crippen LogP contribution in [0.4, 0.5) is 0 Å². The molecule has 0 radical (unpaired) electrons. The summed E-state index contributed by atoms with van der Waals surface area (Å²) in [5.41, 5.74) is 5.68. The Bertz CT molecular complexity index is 1160. The van der Waals surface area contributed by atoms with Gasteiger partial charge in [0.25, 0.3) is 5.91 Å². The summed E-state index contributed by atoms with van der Waals surface area (Å²) in [5.74, 6) is -0.0486. The first-order valence-electron chi connectivity index (χ1n) is 10.3. The highest BCUT2D eigenvalue weighted by Gasteiger charge is 2.23. The quantitative estimate of drug-likeness (QED) is 0.844. The highest BCUT2D eigenvalue weighted by atomic mass is 16.2. The fraction of sp³-hybridized carbons (Fsp3) is 0.250. The molecule has 1 N–H and O–H groups in total. The van der Waals surface area contributed by atoms with Gasteiger partial charge in [-0.1, -0.05) is 12.2 Å². The topological polar surface area (TPSA) is 52.9 Å². The number of imidazole rings is 1. The Morgan fingerprint density at radius 2 is 2.00 bits per heavy atom. The number of pyridine rings is 1. The number of amides is 1. The molecular weight excluding hydrogens is 374 g/mol. The molecule has 2 aromatic rings. The van der Waals surface area contributed by atoms with Crippen molar-refractivity contribution in [2.45, 2.75) is 19.9 Å². The molecule has 1 saturated heterocycles. The summed E-state index contributed by atoms with van der Waals surface area (Å²) in [6.45, 7) is 6.98. The van der Waals surface area contributed by atoms with Crippen molar-refractivity contribution in [2.75, 3.05) is 19.6 Å². The highest BCUT2D eigenvalue weighted by molar-refractivity contribution is 5.99. The van der Waals surface area contributed by atoms with E-state index in [-0.39, 0.29) is 5.91 Å². The minimum absolute atomic E-state index is 0.0486. The third-order valence-corrected chi connectivity index (χ3v) is 5.66. The number of nitrogens with one attached hydrogen (secondary N) is 1. The van der Waals surface area contributed by atoms with Gasteiger partial charge in [-0.05, 0) is 55.3 Å². The molecular formula is C24H25N5O. The predicted octanol–water partition coefficient (Wildman–Crippen LogP) is 3.01. The average molecular weight is 399 g/mol. The number of fused-ring (bicyclic) bond motifs is 2. The van der Waals surface area contributed by atoms with Gasteiger partial charge in [0.15, 0.2) is 0 Å². The molecule has 3 aliphatic rings. The number of aromatic nitrogens is 2. The van der Waals surface area contributed by atoms with E-state index < -0.39 is 0 Å². The number of piperazine rings is 1. The van der Waals surface area contributed by atoms with Crippen molar-refractivity contribution in [3.8, 4) is 0 Å². The van der Waals surface area contributed by atoms with E-state index in [9.17, 15) is 4.79 Å². The Morgan fingerprint density at radius 1 is 1.13 bits per heavy atom. The SMILES string of the molecule is Cc1cn2cc(C3=CC(=O)N4C=C(N5CCN[C@@H](C)C5)C=C/C4=C\C=C3)ccc2n1. The number of hydrogen-bond donors (Lipinski definition) is 1. The van der Waals surface area contributed by atoms with Crippen LogP contribution in [0.5, 0.6) is 0 Å². The lowest BCUT2D eigenvalue weighted by Crippen LogP contribution is -2.48. The number of carbonyl (C=O) groups excluding carboxylic acids is 1. The largest absolute Gasteiger partial charge is 0.368 e. The first-order valence-corrected chi connectivity index (χ1v) is 10.3. The van der Waals surface area contributed by atoms with E-state index in [0.717, 1.165) is 53.5 Å². The van der Waals surface area contributed by atoms with Crippen LogP contribution in [-0.2, 0) is 4.79 Å². The monoisotopic (exact) mass is 399 g/mol. The summed E-state index contributed by atoms with van der Waals surface area (Å²) in [5, 5.41) is 3.46. The van der Waals surface area contributed by atoms with Gasteiger partial charge in [0.2, 0.25) is 0 Å². The summed E-state index contributed by atoms with van der Waals surface area (Å²) in [6, 6.07) is 4.43. The predicted molar refractivity (Wildman–Crippen MR) is 118 cm³/mol. The van der Waals surface area contributed by atoms with E-state index in [1.54, 1.807) is 11.0 Å². The first kappa shape index (κ1) is 18.6. The Labute approximate surface area is 176 Å². The molecule has 5 heterocycles. The lowest BCUT2D eigenvalue weighted by atomic mass is 10.0. The van der Waals surface area contributed by atoms with Crippen molar-refractivity contribution in [2.24, 2.45) is 0 Å². The fourth-order valence-corrected chi connectivity index (χ4v) is 4.15. The Kier molecular flexibility index (Phi) is 4.64. The average Bonchev–Trinajstić information content (AvgIpc) is 3.11. The Balaban J connectivity index is 1.47. The van der Waals surface area contributed by atoms with E-state index >= 15 is 0 Å². The highest BCUT2D eigenvalue weighted by Crippen LogP contribution is 2.25. The third kappa shape index (κ3) is 3.50. The van der Waals surface area contributed by atoms with Gasteiger partial charge in [-0.15, -0.1) is 0 Å². The normalized spacial score (nSPS) is 23.5. The van der Waals surface area contributed by atoms with Gasteiger partial charge in [-0.3, -0.25) is 9.69 Å². The van der Waals surface area contributed by atoms with Crippen LogP contribution in [0.3, 0.4) is 0 Å². The van der Waals surface area contributed by atoms with Crippen LogP contribution in [0.1, 0.15) is 18.2 Å². The second-order valence-electron chi connectivity index (χ2n) is 8.01. The lowest BCUT2D eigenvalue weighted by molar-refractivity contribution is -0.122. The Hall–Kier alpha value is -3.38. The van der Waals surface area contributed by atoms with E-state index in [1.807, 2.05) is 66.4 Å². The third-order valence-electron chi connectivity index (χ3n) is 5.66. The van der Waals surface area contributed by atoms with Gasteiger partial charge >= 0.3 is 0 Å². The van der Waals surface area contributed by atoms with Gasteiger partial charge in [-0.2, -0.15) is 0 Å². The summed E-state index contributed by atoms with van der Waals surface area (Å²) in [7, 11) is 0. The molecule has 152 valence electrons. The summed E-state index contributed by atoms with van der Waals surface area (Å²) >= 11 is 0.